The zero-order valence-corrected chi connectivity index (χ0v) is 13.4. The summed E-state index contributed by atoms with van der Waals surface area (Å²) in [6.45, 7) is 0. The second kappa shape index (κ2) is 6.40. The van der Waals surface area contributed by atoms with Crippen LogP contribution in [0.15, 0.2) is 85.1 Å². The van der Waals surface area contributed by atoms with Crippen LogP contribution in [0.2, 0.25) is 0 Å². The Hall–Kier alpha value is -2.74. The molecule has 1 heterocycles. The van der Waals surface area contributed by atoms with Crippen molar-refractivity contribution < 1.29 is 4.79 Å². The highest BCUT2D eigenvalue weighted by molar-refractivity contribution is 5.99. The van der Waals surface area contributed by atoms with Crippen LogP contribution in [-0.4, -0.2) is 10.8 Å². The van der Waals surface area contributed by atoms with Crippen molar-refractivity contribution in [3.05, 3.63) is 102 Å². The molecule has 3 atom stereocenters. The lowest BCUT2D eigenvalue weighted by molar-refractivity contribution is 0.0778. The molecule has 0 amide bonds. The summed E-state index contributed by atoms with van der Waals surface area (Å²) in [5, 5.41) is 0. The summed E-state index contributed by atoms with van der Waals surface area (Å²) in [4.78, 5) is 17.5. The number of nitrogens with zero attached hydrogens (tertiary/aromatic N) is 1. The predicted octanol–water partition coefficient (Wildman–Crippen LogP) is 4.85. The molecule has 1 aliphatic rings. The third-order valence-corrected chi connectivity index (χ3v) is 5.02. The van der Waals surface area contributed by atoms with Crippen LogP contribution in [0.1, 0.15) is 39.9 Å². The maximum Gasteiger partial charge on any atom is 0.166 e. The fraction of sp³-hybridized carbons (Fsp3) is 0.182. The van der Waals surface area contributed by atoms with E-state index in [0.717, 1.165) is 17.7 Å². The largest absolute Gasteiger partial charge is 0.294 e. The highest BCUT2D eigenvalue weighted by Crippen LogP contribution is 2.53. The summed E-state index contributed by atoms with van der Waals surface area (Å²) >= 11 is 0. The molecule has 0 N–H and O–H groups in total. The smallest absolute Gasteiger partial charge is 0.166 e. The van der Waals surface area contributed by atoms with E-state index >= 15 is 0 Å². The van der Waals surface area contributed by atoms with Crippen molar-refractivity contribution in [3.8, 4) is 0 Å². The third-order valence-electron chi connectivity index (χ3n) is 5.02. The van der Waals surface area contributed by atoms with Crippen molar-refractivity contribution in [1.82, 2.24) is 4.98 Å². The molecule has 3 aromatic rings. The molecule has 1 fully saturated rings. The molecular formula is C22H19NO. The van der Waals surface area contributed by atoms with Gasteiger partial charge in [-0.3, -0.25) is 9.78 Å². The Morgan fingerprint density at radius 1 is 0.833 bits per heavy atom. The minimum Gasteiger partial charge on any atom is -0.294 e. The van der Waals surface area contributed by atoms with Gasteiger partial charge in [-0.25, -0.2) is 0 Å². The van der Waals surface area contributed by atoms with Crippen molar-refractivity contribution in [3.63, 3.8) is 0 Å². The van der Waals surface area contributed by atoms with Crippen molar-refractivity contribution in [2.45, 2.75) is 18.3 Å². The molecule has 0 radical (unpaired) electrons. The quantitative estimate of drug-likeness (QED) is 0.644. The first-order valence-electron chi connectivity index (χ1n) is 8.40. The summed E-state index contributed by atoms with van der Waals surface area (Å²) in [7, 11) is 0. The molecule has 0 aliphatic heterocycles. The van der Waals surface area contributed by atoms with E-state index in [2.05, 4.69) is 23.2 Å². The van der Waals surface area contributed by atoms with Gasteiger partial charge < -0.3 is 0 Å². The van der Waals surface area contributed by atoms with Crippen LogP contribution in [0.4, 0.5) is 0 Å². The van der Waals surface area contributed by atoms with Gasteiger partial charge in [-0.05, 0) is 24.1 Å². The van der Waals surface area contributed by atoms with E-state index in [-0.39, 0.29) is 17.6 Å². The summed E-state index contributed by atoms with van der Waals surface area (Å²) in [6.07, 6.45) is 2.70. The Kier molecular flexibility index (Phi) is 3.96. The van der Waals surface area contributed by atoms with Crippen LogP contribution in [0.3, 0.4) is 0 Å². The van der Waals surface area contributed by atoms with Crippen molar-refractivity contribution in [2.75, 3.05) is 0 Å². The average Bonchev–Trinajstić information content (AvgIpc) is 2.63. The van der Waals surface area contributed by atoms with Gasteiger partial charge in [0.05, 0.1) is 0 Å². The van der Waals surface area contributed by atoms with Crippen LogP contribution in [0.5, 0.6) is 0 Å². The van der Waals surface area contributed by atoms with Gasteiger partial charge >= 0.3 is 0 Å². The van der Waals surface area contributed by atoms with Gasteiger partial charge in [-0.1, -0.05) is 66.7 Å². The van der Waals surface area contributed by atoms with Gasteiger partial charge in [-0.15, -0.1) is 0 Å². The maximum absolute atomic E-state index is 13.0. The van der Waals surface area contributed by atoms with Gasteiger partial charge in [-0.2, -0.15) is 0 Å². The van der Waals surface area contributed by atoms with E-state index < -0.39 is 0 Å². The number of carbonyl (C=O) groups is 1. The van der Waals surface area contributed by atoms with Crippen LogP contribution in [-0.2, 0) is 0 Å². The van der Waals surface area contributed by atoms with E-state index in [1.165, 1.54) is 5.56 Å². The highest BCUT2D eigenvalue weighted by Gasteiger charge is 2.47. The van der Waals surface area contributed by atoms with Crippen molar-refractivity contribution >= 4 is 5.78 Å². The minimum atomic E-state index is 0.0295. The van der Waals surface area contributed by atoms with Crippen LogP contribution >= 0.6 is 0 Å². The van der Waals surface area contributed by atoms with Gasteiger partial charge in [0.2, 0.25) is 0 Å². The molecule has 4 rings (SSSR count). The van der Waals surface area contributed by atoms with E-state index in [4.69, 9.17) is 0 Å². The number of rotatable bonds is 4. The van der Waals surface area contributed by atoms with E-state index in [1.807, 2.05) is 66.9 Å². The first-order valence-corrected chi connectivity index (χ1v) is 8.40. The minimum absolute atomic E-state index is 0.0295. The van der Waals surface area contributed by atoms with E-state index in [1.54, 1.807) is 0 Å². The fourth-order valence-corrected chi connectivity index (χ4v) is 3.78. The molecular weight excluding hydrogens is 294 g/mol. The molecule has 0 bridgehead atoms. The number of ketones is 1. The molecule has 118 valence electrons. The van der Waals surface area contributed by atoms with Gasteiger partial charge in [0, 0.05) is 35.2 Å². The number of aromatic nitrogens is 1. The molecule has 0 spiro atoms. The van der Waals surface area contributed by atoms with E-state index in [9.17, 15) is 4.79 Å². The summed E-state index contributed by atoms with van der Waals surface area (Å²) in [6, 6.07) is 26.1. The first-order chi connectivity index (χ1) is 11.8. The van der Waals surface area contributed by atoms with Crippen molar-refractivity contribution in [2.24, 2.45) is 5.92 Å². The van der Waals surface area contributed by atoms with Crippen LogP contribution < -0.4 is 0 Å². The molecule has 2 heteroatoms. The Bertz CT molecular complexity index is 814. The lowest BCUT2D eigenvalue weighted by Crippen LogP contribution is -2.38. The Balaban J connectivity index is 1.67. The first kappa shape index (κ1) is 14.8. The van der Waals surface area contributed by atoms with Crippen molar-refractivity contribution in [1.29, 1.82) is 0 Å². The molecule has 2 aromatic carbocycles. The molecule has 0 saturated heterocycles. The summed E-state index contributed by atoms with van der Waals surface area (Å²) in [5.74, 6) is 0.790. The number of Topliss-reactive ketones (excluding diaryl/α,β-unsaturated/α-hetero) is 1. The Morgan fingerprint density at radius 2 is 1.50 bits per heavy atom. The van der Waals surface area contributed by atoms with E-state index in [0.29, 0.717) is 5.92 Å². The Morgan fingerprint density at radius 3 is 2.17 bits per heavy atom. The molecule has 2 nitrogen and oxygen atoms in total. The van der Waals surface area contributed by atoms with Gasteiger partial charge in [0.25, 0.3) is 0 Å². The second-order valence-electron chi connectivity index (χ2n) is 6.37. The number of pyridine rings is 1. The summed E-state index contributed by atoms with van der Waals surface area (Å²) in [5.41, 5.74) is 3.13. The normalized spacial score (nSPS) is 22.6. The maximum atomic E-state index is 13.0. The standard InChI is InChI=1S/C22H19NO/c24-22(17-11-5-2-6-12-17)19-15-18(20-13-7-8-14-23-20)21(19)16-9-3-1-4-10-16/h1-14,18-19,21H,15H2/t18-,19+,21+/m0/s1. The SMILES string of the molecule is O=C(c1ccccc1)[C@@H]1C[C@@H](c2ccccn2)[C@H]1c1ccccc1. The number of benzene rings is 2. The Labute approximate surface area is 142 Å². The number of hydrogen-bond acceptors (Lipinski definition) is 2. The third kappa shape index (κ3) is 2.65. The zero-order chi connectivity index (χ0) is 16.4. The number of carbonyl (C=O) groups excluding carboxylic acids is 1. The zero-order valence-electron chi connectivity index (χ0n) is 13.4. The topological polar surface area (TPSA) is 30.0 Å². The molecule has 1 aromatic heterocycles. The molecule has 1 aliphatic carbocycles. The van der Waals surface area contributed by atoms with Gasteiger partial charge in [0.15, 0.2) is 5.78 Å². The monoisotopic (exact) mass is 313 g/mol. The molecule has 24 heavy (non-hydrogen) atoms. The lowest BCUT2D eigenvalue weighted by Gasteiger charge is -2.44. The lowest BCUT2D eigenvalue weighted by atomic mass is 9.58. The van der Waals surface area contributed by atoms with Crippen LogP contribution in [0, 0.1) is 5.92 Å². The second-order valence-corrected chi connectivity index (χ2v) is 6.37. The summed E-state index contributed by atoms with van der Waals surface area (Å²) < 4.78 is 0. The number of hydrogen-bond donors (Lipinski definition) is 0. The fourth-order valence-electron chi connectivity index (χ4n) is 3.78. The molecule has 1 saturated carbocycles. The van der Waals surface area contributed by atoms with Crippen LogP contribution in [0.25, 0.3) is 0 Å². The average molecular weight is 313 g/mol. The van der Waals surface area contributed by atoms with Gasteiger partial charge in [0.1, 0.15) is 0 Å². The highest BCUT2D eigenvalue weighted by atomic mass is 16.1. The molecule has 0 unspecified atom stereocenters. The predicted molar refractivity (Wildman–Crippen MR) is 95.0 cm³/mol.